The Morgan fingerprint density at radius 2 is 1.88 bits per heavy atom. The van der Waals surface area contributed by atoms with Crippen molar-refractivity contribution < 1.29 is 0 Å². The monoisotopic (exact) mass is 332 g/mol. The third kappa shape index (κ3) is 2.59. The highest BCUT2D eigenvalue weighted by molar-refractivity contribution is 5.65. The van der Waals surface area contributed by atoms with Crippen LogP contribution in [0.4, 0.5) is 5.82 Å². The molecule has 5 rings (SSSR count). The van der Waals surface area contributed by atoms with Crippen LogP contribution in [0.1, 0.15) is 6.42 Å². The van der Waals surface area contributed by atoms with E-state index in [1.807, 2.05) is 22.7 Å². The zero-order valence-electron chi connectivity index (χ0n) is 14.0. The molecule has 3 aromatic rings. The molecule has 4 heterocycles. The summed E-state index contributed by atoms with van der Waals surface area (Å²) in [6, 6.07) is 13.0. The first kappa shape index (κ1) is 14.6. The van der Waals surface area contributed by atoms with Crippen molar-refractivity contribution in [3.8, 4) is 11.3 Å². The average Bonchev–Trinajstić information content (AvgIpc) is 3.41. The Balaban J connectivity index is 1.51. The van der Waals surface area contributed by atoms with Gasteiger partial charge in [-0.25, -0.2) is 4.98 Å². The molecule has 0 unspecified atom stereocenters. The van der Waals surface area contributed by atoms with E-state index in [-0.39, 0.29) is 0 Å². The van der Waals surface area contributed by atoms with Gasteiger partial charge < -0.3 is 4.90 Å². The summed E-state index contributed by atoms with van der Waals surface area (Å²) >= 11 is 0. The Bertz CT molecular complexity index is 908. The van der Waals surface area contributed by atoms with E-state index in [2.05, 4.69) is 55.2 Å². The van der Waals surface area contributed by atoms with Gasteiger partial charge in [-0.3, -0.25) is 4.90 Å². The molecule has 6 nitrogen and oxygen atoms in total. The molecule has 0 amide bonds. The van der Waals surface area contributed by atoms with Crippen molar-refractivity contribution in [3.05, 3.63) is 54.9 Å². The van der Waals surface area contributed by atoms with Crippen LogP contribution < -0.4 is 4.90 Å². The molecule has 0 N–H and O–H groups in total. The summed E-state index contributed by atoms with van der Waals surface area (Å²) in [6.07, 6.45) is 7.29. The van der Waals surface area contributed by atoms with Gasteiger partial charge in [-0.15, -0.1) is 0 Å². The van der Waals surface area contributed by atoms with Crippen LogP contribution in [0.15, 0.2) is 54.9 Å². The van der Waals surface area contributed by atoms with E-state index in [0.29, 0.717) is 11.8 Å². The van der Waals surface area contributed by atoms with E-state index < -0.39 is 0 Å². The largest absolute Gasteiger partial charge is 0.355 e. The zero-order chi connectivity index (χ0) is 16.6. The Morgan fingerprint density at radius 1 is 1.04 bits per heavy atom. The Hall–Kier alpha value is -2.73. The van der Waals surface area contributed by atoms with Crippen LogP contribution >= 0.6 is 0 Å². The summed E-state index contributed by atoms with van der Waals surface area (Å²) in [5.41, 5.74) is 2.05. The van der Waals surface area contributed by atoms with Gasteiger partial charge in [-0.2, -0.15) is 14.6 Å². The fourth-order valence-electron chi connectivity index (χ4n) is 3.82. The molecule has 25 heavy (non-hydrogen) atoms. The molecule has 1 aromatic carbocycles. The summed E-state index contributed by atoms with van der Waals surface area (Å²) < 4.78 is 1.86. The lowest BCUT2D eigenvalue weighted by Gasteiger charge is -2.24. The average molecular weight is 332 g/mol. The number of anilines is 1. The lowest BCUT2D eigenvalue weighted by Crippen LogP contribution is -2.36. The zero-order valence-corrected chi connectivity index (χ0v) is 14.0. The van der Waals surface area contributed by atoms with Gasteiger partial charge in [0, 0.05) is 43.9 Å². The number of fused-ring (bicyclic) bond motifs is 1. The highest BCUT2D eigenvalue weighted by Gasteiger charge is 2.29. The quantitative estimate of drug-likeness (QED) is 0.689. The maximum absolute atomic E-state index is 4.68. The van der Waals surface area contributed by atoms with Crippen LogP contribution in [0.25, 0.3) is 17.0 Å². The van der Waals surface area contributed by atoms with Crippen LogP contribution in [0.5, 0.6) is 0 Å². The van der Waals surface area contributed by atoms with E-state index in [1.165, 1.54) is 6.42 Å². The van der Waals surface area contributed by atoms with E-state index in [4.69, 9.17) is 0 Å². The first-order valence-corrected chi connectivity index (χ1v) is 8.79. The molecule has 2 aliphatic rings. The van der Waals surface area contributed by atoms with Crippen molar-refractivity contribution in [2.75, 3.05) is 31.1 Å². The smallest absolute Gasteiger partial charge is 0.254 e. The second-order valence-electron chi connectivity index (χ2n) is 6.65. The van der Waals surface area contributed by atoms with Gasteiger partial charge in [0.2, 0.25) is 0 Å². The minimum absolute atomic E-state index is 0.599. The number of rotatable bonds is 3. The maximum atomic E-state index is 4.68. The van der Waals surface area contributed by atoms with E-state index in [9.17, 15) is 0 Å². The second kappa shape index (κ2) is 5.97. The predicted octanol–water partition coefficient (Wildman–Crippen LogP) is 2.24. The predicted molar refractivity (Wildman–Crippen MR) is 97.5 cm³/mol. The molecular formula is C19H20N6. The third-order valence-electron chi connectivity index (χ3n) is 5.15. The van der Waals surface area contributed by atoms with Gasteiger partial charge in [-0.1, -0.05) is 42.5 Å². The first-order valence-electron chi connectivity index (χ1n) is 8.79. The Labute approximate surface area is 146 Å². The van der Waals surface area contributed by atoms with Gasteiger partial charge >= 0.3 is 0 Å². The van der Waals surface area contributed by atoms with Crippen LogP contribution in [-0.2, 0) is 0 Å². The van der Waals surface area contributed by atoms with Crippen LogP contribution in [0.2, 0.25) is 0 Å². The van der Waals surface area contributed by atoms with Crippen LogP contribution in [-0.4, -0.2) is 56.7 Å². The fraction of sp³-hybridized carbons (Fsp3) is 0.316. The minimum Gasteiger partial charge on any atom is -0.355 e. The molecule has 0 aliphatic carbocycles. The molecule has 2 aliphatic heterocycles. The third-order valence-corrected chi connectivity index (χ3v) is 5.15. The topological polar surface area (TPSA) is 49.6 Å². The normalized spacial score (nSPS) is 20.8. The number of hydrogen-bond donors (Lipinski definition) is 0. The number of nitrogens with zero attached hydrogens (tertiary/aromatic N) is 6. The summed E-state index contributed by atoms with van der Waals surface area (Å²) in [5, 5.41) is 4.40. The Kier molecular flexibility index (Phi) is 3.48. The molecule has 0 radical (unpaired) electrons. The van der Waals surface area contributed by atoms with Gasteiger partial charge in [0.1, 0.15) is 12.1 Å². The second-order valence-corrected chi connectivity index (χ2v) is 6.65. The SMILES string of the molecule is C1=CCN([C@@H]2CCN(c3cc(-c4ccccc4)nc4ncnn34)C2)C1. The van der Waals surface area contributed by atoms with E-state index in [0.717, 1.165) is 43.3 Å². The molecule has 6 heteroatoms. The van der Waals surface area contributed by atoms with Crippen molar-refractivity contribution in [1.29, 1.82) is 0 Å². The molecule has 1 atom stereocenters. The molecule has 1 fully saturated rings. The van der Waals surface area contributed by atoms with Gasteiger partial charge in [0.15, 0.2) is 0 Å². The van der Waals surface area contributed by atoms with Crippen molar-refractivity contribution in [2.45, 2.75) is 12.5 Å². The van der Waals surface area contributed by atoms with Crippen LogP contribution in [0, 0.1) is 0 Å². The van der Waals surface area contributed by atoms with Crippen molar-refractivity contribution in [1.82, 2.24) is 24.5 Å². The van der Waals surface area contributed by atoms with Gasteiger partial charge in [0.25, 0.3) is 5.78 Å². The molecule has 0 saturated carbocycles. The molecular weight excluding hydrogens is 312 g/mol. The minimum atomic E-state index is 0.599. The molecule has 2 aromatic heterocycles. The summed E-state index contributed by atoms with van der Waals surface area (Å²) in [4.78, 5) is 14.0. The lowest BCUT2D eigenvalue weighted by molar-refractivity contribution is 0.271. The number of aromatic nitrogens is 4. The van der Waals surface area contributed by atoms with E-state index >= 15 is 0 Å². The lowest BCUT2D eigenvalue weighted by atomic mass is 10.1. The van der Waals surface area contributed by atoms with Crippen LogP contribution in [0.3, 0.4) is 0 Å². The van der Waals surface area contributed by atoms with Crippen molar-refractivity contribution in [3.63, 3.8) is 0 Å². The van der Waals surface area contributed by atoms with Gasteiger partial charge in [-0.05, 0) is 6.42 Å². The van der Waals surface area contributed by atoms with E-state index in [1.54, 1.807) is 6.33 Å². The van der Waals surface area contributed by atoms with Crippen molar-refractivity contribution in [2.24, 2.45) is 0 Å². The number of benzene rings is 1. The highest BCUT2D eigenvalue weighted by atomic mass is 15.4. The fourth-order valence-corrected chi connectivity index (χ4v) is 3.82. The molecule has 1 saturated heterocycles. The summed E-state index contributed by atoms with van der Waals surface area (Å²) in [5.74, 6) is 1.73. The molecule has 126 valence electrons. The maximum Gasteiger partial charge on any atom is 0.254 e. The summed E-state index contributed by atoms with van der Waals surface area (Å²) in [7, 11) is 0. The number of hydrogen-bond acceptors (Lipinski definition) is 5. The molecule has 0 bridgehead atoms. The standard InChI is InChI=1S/C19H20N6/c1-2-6-15(7-3-1)17-12-18(25-19(22-17)20-14-21-25)24-11-8-16(13-24)23-9-4-5-10-23/h1-7,12,14,16H,8-11,13H2/t16-/m1/s1. The highest BCUT2D eigenvalue weighted by Crippen LogP contribution is 2.27. The first-order chi connectivity index (χ1) is 12.4. The van der Waals surface area contributed by atoms with Gasteiger partial charge in [0.05, 0.1) is 5.69 Å². The summed E-state index contributed by atoms with van der Waals surface area (Å²) in [6.45, 7) is 4.20. The Morgan fingerprint density at radius 3 is 2.72 bits per heavy atom. The molecule has 0 spiro atoms. The van der Waals surface area contributed by atoms with Crippen molar-refractivity contribution >= 4 is 11.6 Å².